The van der Waals surface area contributed by atoms with Gasteiger partial charge in [-0.25, -0.2) is 13.1 Å². The quantitative estimate of drug-likeness (QED) is 0.738. The molecule has 1 rings (SSSR count). The van der Waals surface area contributed by atoms with Crippen molar-refractivity contribution in [1.29, 1.82) is 0 Å². The zero-order valence-electron chi connectivity index (χ0n) is 10.4. The summed E-state index contributed by atoms with van der Waals surface area (Å²) in [6.07, 6.45) is 1.54. The molecule has 1 heterocycles. The maximum atomic E-state index is 12.0. The van der Waals surface area contributed by atoms with Crippen LogP contribution in [0.4, 0.5) is 0 Å². The van der Waals surface area contributed by atoms with Crippen LogP contribution in [0.1, 0.15) is 24.6 Å². The molecule has 7 heteroatoms. The summed E-state index contributed by atoms with van der Waals surface area (Å²) in [4.78, 5) is 1.12. The molecule has 0 amide bonds. The lowest BCUT2D eigenvalue weighted by Crippen LogP contribution is -2.25. The van der Waals surface area contributed by atoms with Crippen molar-refractivity contribution in [3.8, 4) is 0 Å². The van der Waals surface area contributed by atoms with Gasteiger partial charge in [0.1, 0.15) is 0 Å². The molecule has 1 atom stereocenters. The standard InChI is InChI=1S/C11H18BrNO3S2/c1-8(7-14)4-3-5-13-18(15,16)10-6-11(12)17-9(10)2/h6,8,13-14H,3-5,7H2,1-2H3. The van der Waals surface area contributed by atoms with Gasteiger partial charge in [0.05, 0.1) is 8.68 Å². The van der Waals surface area contributed by atoms with Crippen molar-refractivity contribution in [2.75, 3.05) is 13.2 Å². The van der Waals surface area contributed by atoms with Gasteiger partial charge in [-0.15, -0.1) is 11.3 Å². The Hall–Kier alpha value is 0.0500. The van der Waals surface area contributed by atoms with Crippen LogP contribution in [0, 0.1) is 12.8 Å². The fraction of sp³-hybridized carbons (Fsp3) is 0.636. The van der Waals surface area contributed by atoms with Gasteiger partial charge in [0.2, 0.25) is 10.0 Å². The SMILES string of the molecule is Cc1sc(Br)cc1S(=O)(=O)NCCCC(C)CO. The largest absolute Gasteiger partial charge is 0.396 e. The molecular formula is C11H18BrNO3S2. The second-order valence-corrected chi connectivity index (χ2v) is 8.67. The second kappa shape index (κ2) is 7.00. The summed E-state index contributed by atoms with van der Waals surface area (Å²) in [5, 5.41) is 8.87. The average Bonchev–Trinajstić information content (AvgIpc) is 2.64. The second-order valence-electron chi connectivity index (χ2n) is 4.30. The van der Waals surface area contributed by atoms with E-state index in [0.29, 0.717) is 11.4 Å². The van der Waals surface area contributed by atoms with Crippen LogP contribution in [0.3, 0.4) is 0 Å². The molecule has 0 aliphatic carbocycles. The van der Waals surface area contributed by atoms with Crippen molar-refractivity contribution in [3.63, 3.8) is 0 Å². The summed E-state index contributed by atoms with van der Waals surface area (Å²) in [6, 6.07) is 1.62. The Labute approximate surface area is 121 Å². The van der Waals surface area contributed by atoms with Crippen molar-refractivity contribution in [3.05, 3.63) is 14.7 Å². The third-order valence-electron chi connectivity index (χ3n) is 2.61. The molecular weight excluding hydrogens is 338 g/mol. The molecule has 0 radical (unpaired) electrons. The Morgan fingerprint density at radius 1 is 1.56 bits per heavy atom. The van der Waals surface area contributed by atoms with Crippen LogP contribution in [0.25, 0.3) is 0 Å². The van der Waals surface area contributed by atoms with E-state index >= 15 is 0 Å². The van der Waals surface area contributed by atoms with Crippen LogP contribution in [0.2, 0.25) is 0 Å². The molecule has 0 aromatic carbocycles. The normalized spacial score (nSPS) is 13.8. The molecule has 0 spiro atoms. The number of thiophene rings is 1. The number of rotatable bonds is 7. The molecule has 0 bridgehead atoms. The first kappa shape index (κ1) is 16.1. The van der Waals surface area contributed by atoms with E-state index in [1.807, 2.05) is 6.92 Å². The Kier molecular flexibility index (Phi) is 6.26. The fourth-order valence-corrected chi connectivity index (χ4v) is 5.01. The van der Waals surface area contributed by atoms with E-state index in [1.165, 1.54) is 11.3 Å². The predicted molar refractivity (Wildman–Crippen MR) is 77.4 cm³/mol. The van der Waals surface area contributed by atoms with Gasteiger partial charge in [-0.05, 0) is 47.7 Å². The highest BCUT2D eigenvalue weighted by Crippen LogP contribution is 2.29. The Balaban J connectivity index is 2.53. The highest BCUT2D eigenvalue weighted by molar-refractivity contribution is 9.11. The Morgan fingerprint density at radius 2 is 2.22 bits per heavy atom. The summed E-state index contributed by atoms with van der Waals surface area (Å²) in [6.45, 7) is 4.27. The minimum atomic E-state index is -3.41. The first-order chi connectivity index (χ1) is 8.36. The summed E-state index contributed by atoms with van der Waals surface area (Å²) >= 11 is 4.69. The Bertz CT molecular complexity index is 484. The van der Waals surface area contributed by atoms with Crippen molar-refractivity contribution >= 4 is 37.3 Å². The predicted octanol–water partition coefficient (Wildman–Crippen LogP) is 2.51. The number of hydrogen-bond acceptors (Lipinski definition) is 4. The maximum Gasteiger partial charge on any atom is 0.241 e. The van der Waals surface area contributed by atoms with Crippen molar-refractivity contribution in [2.24, 2.45) is 5.92 Å². The number of nitrogens with one attached hydrogen (secondary N) is 1. The first-order valence-corrected chi connectivity index (χ1v) is 8.82. The zero-order valence-corrected chi connectivity index (χ0v) is 13.7. The van der Waals surface area contributed by atoms with Crippen LogP contribution in [0.15, 0.2) is 14.7 Å². The third-order valence-corrected chi connectivity index (χ3v) is 5.88. The summed E-state index contributed by atoms with van der Waals surface area (Å²) in [5.41, 5.74) is 0. The van der Waals surface area contributed by atoms with E-state index in [4.69, 9.17) is 5.11 Å². The van der Waals surface area contributed by atoms with Crippen molar-refractivity contribution in [2.45, 2.75) is 31.6 Å². The number of aliphatic hydroxyl groups excluding tert-OH is 1. The first-order valence-electron chi connectivity index (χ1n) is 5.73. The van der Waals surface area contributed by atoms with Gasteiger partial charge in [0, 0.05) is 18.0 Å². The zero-order chi connectivity index (χ0) is 13.8. The maximum absolute atomic E-state index is 12.0. The van der Waals surface area contributed by atoms with Gasteiger partial charge >= 0.3 is 0 Å². The van der Waals surface area contributed by atoms with E-state index in [1.54, 1.807) is 13.0 Å². The van der Waals surface area contributed by atoms with Crippen LogP contribution < -0.4 is 4.72 Å². The van der Waals surface area contributed by atoms with Gasteiger partial charge < -0.3 is 5.11 Å². The average molecular weight is 356 g/mol. The number of hydrogen-bond donors (Lipinski definition) is 2. The van der Waals surface area contributed by atoms with Gasteiger partial charge in [0.25, 0.3) is 0 Å². The lowest BCUT2D eigenvalue weighted by Gasteiger charge is -2.08. The molecule has 4 nitrogen and oxygen atoms in total. The van der Waals surface area contributed by atoms with E-state index in [2.05, 4.69) is 20.7 Å². The highest BCUT2D eigenvalue weighted by Gasteiger charge is 2.18. The lowest BCUT2D eigenvalue weighted by molar-refractivity contribution is 0.228. The molecule has 0 saturated heterocycles. The van der Waals surface area contributed by atoms with Crippen LogP contribution >= 0.6 is 27.3 Å². The van der Waals surface area contributed by atoms with Crippen molar-refractivity contribution in [1.82, 2.24) is 4.72 Å². The number of sulfonamides is 1. The third kappa shape index (κ3) is 4.62. The topological polar surface area (TPSA) is 66.4 Å². The molecule has 0 aliphatic rings. The molecule has 2 N–H and O–H groups in total. The minimum Gasteiger partial charge on any atom is -0.396 e. The molecule has 18 heavy (non-hydrogen) atoms. The highest BCUT2D eigenvalue weighted by atomic mass is 79.9. The van der Waals surface area contributed by atoms with E-state index < -0.39 is 10.0 Å². The van der Waals surface area contributed by atoms with Gasteiger partial charge in [-0.1, -0.05) is 6.92 Å². The molecule has 104 valence electrons. The van der Waals surface area contributed by atoms with Gasteiger partial charge in [0.15, 0.2) is 0 Å². The van der Waals surface area contributed by atoms with Crippen LogP contribution in [-0.2, 0) is 10.0 Å². The summed E-state index contributed by atoms with van der Waals surface area (Å²) in [7, 11) is -3.41. The van der Waals surface area contributed by atoms with E-state index in [-0.39, 0.29) is 12.5 Å². The lowest BCUT2D eigenvalue weighted by atomic mass is 10.1. The molecule has 1 aromatic heterocycles. The van der Waals surface area contributed by atoms with Gasteiger partial charge in [-0.2, -0.15) is 0 Å². The number of aryl methyl sites for hydroxylation is 1. The summed E-state index contributed by atoms with van der Waals surface area (Å²) in [5.74, 6) is 0.214. The summed E-state index contributed by atoms with van der Waals surface area (Å²) < 4.78 is 27.4. The molecule has 0 saturated carbocycles. The molecule has 0 fully saturated rings. The molecule has 1 unspecified atom stereocenters. The van der Waals surface area contributed by atoms with E-state index in [9.17, 15) is 8.42 Å². The monoisotopic (exact) mass is 355 g/mol. The van der Waals surface area contributed by atoms with Crippen LogP contribution in [-0.4, -0.2) is 26.7 Å². The number of aliphatic hydroxyl groups is 1. The number of halogens is 1. The Morgan fingerprint density at radius 3 is 2.72 bits per heavy atom. The smallest absolute Gasteiger partial charge is 0.241 e. The van der Waals surface area contributed by atoms with Crippen molar-refractivity contribution < 1.29 is 13.5 Å². The minimum absolute atomic E-state index is 0.142. The molecule has 0 aliphatic heterocycles. The molecule has 1 aromatic rings. The van der Waals surface area contributed by atoms with E-state index in [0.717, 1.165) is 21.5 Å². The van der Waals surface area contributed by atoms with Crippen LogP contribution in [0.5, 0.6) is 0 Å². The van der Waals surface area contributed by atoms with Gasteiger partial charge in [-0.3, -0.25) is 0 Å². The fourth-order valence-electron chi connectivity index (χ4n) is 1.52.